The van der Waals surface area contributed by atoms with E-state index in [-0.39, 0.29) is 57.3 Å². The fraction of sp³-hybridized carbons (Fsp3) is 0.523. The predicted molar refractivity (Wildman–Crippen MR) is 222 cm³/mol. The van der Waals surface area contributed by atoms with Crippen LogP contribution < -0.4 is 15.5 Å². The molecule has 1 aliphatic heterocycles. The third-order valence-electron chi connectivity index (χ3n) is 9.55. The lowest BCUT2D eigenvalue weighted by Crippen LogP contribution is -2.47. The summed E-state index contributed by atoms with van der Waals surface area (Å²) in [6, 6.07) is 20.1. The molecule has 0 spiro atoms. The highest BCUT2D eigenvalue weighted by Crippen LogP contribution is 2.33. The molecule has 0 radical (unpaired) electrons. The molecule has 1 saturated heterocycles. The second kappa shape index (κ2) is 22.7. The van der Waals surface area contributed by atoms with Crippen LogP contribution in [-0.4, -0.2) is 112 Å². The summed E-state index contributed by atoms with van der Waals surface area (Å²) >= 11 is 0. The van der Waals surface area contributed by atoms with Gasteiger partial charge in [-0.05, 0) is 81.0 Å². The second-order valence-electron chi connectivity index (χ2n) is 15.6. The van der Waals surface area contributed by atoms with Gasteiger partial charge >= 0.3 is 24.1 Å². The Bertz CT molecular complexity index is 1840. The minimum Gasteiger partial charge on any atom is -0.466 e. The number of ether oxygens (including phenoxy) is 6. The molecule has 1 aliphatic rings. The van der Waals surface area contributed by atoms with E-state index in [9.17, 15) is 24.0 Å². The van der Waals surface area contributed by atoms with Crippen LogP contribution in [0.25, 0.3) is 10.8 Å². The van der Waals surface area contributed by atoms with Crippen LogP contribution in [0.5, 0.6) is 0 Å². The smallest absolute Gasteiger partial charge is 0.413 e. The molecular formula is C44H60N4O11. The SMILES string of the molecule is CCOC(=O)Cc1ccc(N2CC[C@H](N(C(=O)OCOC(=O)[C@@H](NC(=O)COCCOCCNC(=O)OC(C)(C)C)C(C)C)[C@H](C)c3cccc4ccccc34)C2)cc1. The van der Waals surface area contributed by atoms with Crippen LogP contribution >= 0.6 is 0 Å². The van der Waals surface area contributed by atoms with Gasteiger partial charge in [-0.3, -0.25) is 14.5 Å². The Morgan fingerprint density at radius 2 is 1.58 bits per heavy atom. The van der Waals surface area contributed by atoms with E-state index in [2.05, 4.69) is 15.5 Å². The highest BCUT2D eigenvalue weighted by atomic mass is 16.7. The van der Waals surface area contributed by atoms with Crippen LogP contribution in [0.4, 0.5) is 15.3 Å². The van der Waals surface area contributed by atoms with E-state index in [1.54, 1.807) is 46.4 Å². The Kier molecular flexibility index (Phi) is 17.8. The maximum absolute atomic E-state index is 14.0. The summed E-state index contributed by atoms with van der Waals surface area (Å²) in [5.74, 6) is -1.90. The van der Waals surface area contributed by atoms with Gasteiger partial charge < -0.3 is 44.0 Å². The van der Waals surface area contributed by atoms with Crippen molar-refractivity contribution in [3.05, 3.63) is 77.9 Å². The van der Waals surface area contributed by atoms with Crippen LogP contribution in [0.3, 0.4) is 0 Å². The first-order chi connectivity index (χ1) is 28.2. The van der Waals surface area contributed by atoms with Gasteiger partial charge in [0.1, 0.15) is 18.2 Å². The van der Waals surface area contributed by atoms with Gasteiger partial charge in [0.2, 0.25) is 12.7 Å². The van der Waals surface area contributed by atoms with E-state index in [0.29, 0.717) is 26.1 Å². The molecule has 0 unspecified atom stereocenters. The van der Waals surface area contributed by atoms with Crippen LogP contribution in [0.15, 0.2) is 66.7 Å². The lowest BCUT2D eigenvalue weighted by atomic mass is 9.97. The molecule has 1 fully saturated rings. The monoisotopic (exact) mass is 820 g/mol. The maximum Gasteiger partial charge on any atom is 0.413 e. The van der Waals surface area contributed by atoms with E-state index in [4.69, 9.17) is 28.4 Å². The van der Waals surface area contributed by atoms with Crippen molar-refractivity contribution < 1.29 is 52.4 Å². The van der Waals surface area contributed by atoms with Crippen molar-refractivity contribution in [2.24, 2.45) is 5.92 Å². The zero-order chi connectivity index (χ0) is 43.0. The van der Waals surface area contributed by atoms with Gasteiger partial charge in [-0.1, -0.05) is 68.4 Å². The molecule has 2 N–H and O–H groups in total. The number of alkyl carbamates (subject to hydrolysis) is 1. The van der Waals surface area contributed by atoms with Gasteiger partial charge in [0.05, 0.1) is 44.9 Å². The average Bonchev–Trinajstić information content (AvgIpc) is 3.67. The summed E-state index contributed by atoms with van der Waals surface area (Å²) in [7, 11) is 0. The first-order valence-corrected chi connectivity index (χ1v) is 20.2. The van der Waals surface area contributed by atoms with Crippen molar-refractivity contribution in [1.29, 1.82) is 0 Å². The number of anilines is 1. The molecule has 15 heteroatoms. The summed E-state index contributed by atoms with van der Waals surface area (Å²) in [5, 5.41) is 7.28. The van der Waals surface area contributed by atoms with Gasteiger partial charge in [0.25, 0.3) is 0 Å². The molecule has 3 atom stereocenters. The molecule has 3 aromatic carbocycles. The normalized spacial score (nSPS) is 15.0. The molecule has 0 saturated carbocycles. The molecular weight excluding hydrogens is 761 g/mol. The van der Waals surface area contributed by atoms with Crippen LogP contribution in [0, 0.1) is 5.92 Å². The molecule has 3 amide bonds. The topological polar surface area (TPSA) is 171 Å². The minimum absolute atomic E-state index is 0.114. The number of rotatable bonds is 20. The van der Waals surface area contributed by atoms with E-state index in [1.165, 1.54) is 0 Å². The molecule has 322 valence electrons. The Morgan fingerprint density at radius 3 is 2.29 bits per heavy atom. The third kappa shape index (κ3) is 14.7. The van der Waals surface area contributed by atoms with E-state index in [1.807, 2.05) is 73.7 Å². The van der Waals surface area contributed by atoms with E-state index < -0.39 is 48.5 Å². The molecule has 1 heterocycles. The summed E-state index contributed by atoms with van der Waals surface area (Å²) in [6.45, 7) is 13.9. The Balaban J connectivity index is 1.31. The molecule has 15 nitrogen and oxygen atoms in total. The Hall–Kier alpha value is -5.41. The number of esters is 2. The summed E-state index contributed by atoms with van der Waals surface area (Å²) in [6.07, 6.45) is -0.325. The van der Waals surface area contributed by atoms with Crippen LogP contribution in [-0.2, 0) is 49.2 Å². The molecule has 0 aromatic heterocycles. The van der Waals surface area contributed by atoms with E-state index >= 15 is 0 Å². The van der Waals surface area contributed by atoms with E-state index in [0.717, 1.165) is 27.6 Å². The van der Waals surface area contributed by atoms with Crippen molar-refractivity contribution in [2.45, 2.75) is 85.0 Å². The summed E-state index contributed by atoms with van der Waals surface area (Å²) < 4.78 is 32.1. The van der Waals surface area contributed by atoms with Gasteiger partial charge in [-0.15, -0.1) is 0 Å². The first-order valence-electron chi connectivity index (χ1n) is 20.2. The van der Waals surface area contributed by atoms with Gasteiger partial charge in [-0.2, -0.15) is 0 Å². The van der Waals surface area contributed by atoms with Crippen LogP contribution in [0.2, 0.25) is 0 Å². The highest BCUT2D eigenvalue weighted by Gasteiger charge is 2.36. The minimum atomic E-state index is -1.02. The molecule has 3 aromatic rings. The number of nitrogens with one attached hydrogen (secondary N) is 2. The molecule has 0 aliphatic carbocycles. The standard InChI is InChI=1S/C44H60N4O11/c1-8-56-39(50)26-32-16-18-34(19-17-32)47-22-20-35(27-47)48(31(4)36-15-11-13-33-12-9-10-14-37(33)36)43(53)58-29-57-41(51)40(30(2)3)46-38(49)28-55-25-24-54-23-21-45-42(52)59-44(5,6)7/h9-19,30-31,35,40H,8,20-29H2,1-7H3,(H,45,52)(H,46,49)/t31-,35+,40+/m1/s1. The number of hydrogen-bond acceptors (Lipinski definition) is 12. The summed E-state index contributed by atoms with van der Waals surface area (Å²) in [4.78, 5) is 67.4. The summed E-state index contributed by atoms with van der Waals surface area (Å²) in [5.41, 5.74) is 2.17. The predicted octanol–water partition coefficient (Wildman–Crippen LogP) is 5.92. The lowest BCUT2D eigenvalue weighted by Gasteiger charge is -2.34. The molecule has 59 heavy (non-hydrogen) atoms. The number of amides is 3. The number of nitrogens with zero attached hydrogens (tertiary/aromatic N) is 2. The largest absolute Gasteiger partial charge is 0.466 e. The molecule has 0 bridgehead atoms. The van der Waals surface area contributed by atoms with Crippen molar-refractivity contribution in [3.63, 3.8) is 0 Å². The maximum atomic E-state index is 14.0. The zero-order valence-electron chi connectivity index (χ0n) is 35.3. The Labute approximate surface area is 346 Å². The van der Waals surface area contributed by atoms with Crippen molar-refractivity contribution in [3.8, 4) is 0 Å². The zero-order valence-corrected chi connectivity index (χ0v) is 35.3. The first kappa shape index (κ1) is 46.3. The quantitative estimate of drug-likeness (QED) is 0.0598. The Morgan fingerprint density at radius 1 is 0.864 bits per heavy atom. The highest BCUT2D eigenvalue weighted by molar-refractivity contribution is 5.87. The fourth-order valence-corrected chi connectivity index (χ4v) is 6.73. The van der Waals surface area contributed by atoms with Gasteiger partial charge in [0, 0.05) is 25.3 Å². The number of fused-ring (bicyclic) bond motifs is 1. The second-order valence-corrected chi connectivity index (χ2v) is 15.6. The third-order valence-corrected chi connectivity index (χ3v) is 9.55. The van der Waals surface area contributed by atoms with Crippen molar-refractivity contribution >= 4 is 46.5 Å². The number of benzene rings is 3. The van der Waals surface area contributed by atoms with Crippen LogP contribution in [0.1, 0.15) is 72.1 Å². The van der Waals surface area contributed by atoms with Gasteiger partial charge in [-0.25, -0.2) is 14.4 Å². The van der Waals surface area contributed by atoms with Crippen molar-refractivity contribution in [1.82, 2.24) is 15.5 Å². The number of carbonyl (C=O) groups excluding carboxylic acids is 5. The number of hydrogen-bond donors (Lipinski definition) is 2. The number of carbonyl (C=O) groups is 5. The molecule has 4 rings (SSSR count). The van der Waals surface area contributed by atoms with Crippen molar-refractivity contribution in [2.75, 3.05) is 64.4 Å². The van der Waals surface area contributed by atoms with Gasteiger partial charge in [0.15, 0.2) is 0 Å². The lowest BCUT2D eigenvalue weighted by molar-refractivity contribution is -0.158. The fourth-order valence-electron chi connectivity index (χ4n) is 6.73. The average molecular weight is 821 g/mol.